The molecule has 0 aromatic carbocycles. The number of aliphatic hydroxyl groups is 1. The summed E-state index contributed by atoms with van der Waals surface area (Å²) in [6.07, 6.45) is 1.60. The number of carbonyl (C=O) groups is 1. The molecule has 0 unspecified atom stereocenters. The lowest BCUT2D eigenvalue weighted by molar-refractivity contribution is -0.137. The Morgan fingerprint density at radius 1 is 1.35 bits per heavy atom. The van der Waals surface area contributed by atoms with Gasteiger partial charge in [-0.15, -0.1) is 0 Å². The van der Waals surface area contributed by atoms with Crippen LogP contribution < -0.4 is 0 Å². The van der Waals surface area contributed by atoms with Crippen LogP contribution in [0.4, 0.5) is 0 Å². The number of aliphatic hydroxyl groups excluding tert-OH is 1. The molecule has 0 radical (unpaired) electrons. The zero-order valence-electron chi connectivity index (χ0n) is 13.9. The van der Waals surface area contributed by atoms with Gasteiger partial charge in [0.2, 0.25) is 5.91 Å². The minimum Gasteiger partial charge on any atom is -0.386 e. The second-order valence-corrected chi connectivity index (χ2v) is 8.35. The molecule has 2 rings (SSSR count). The number of amides is 1. The van der Waals surface area contributed by atoms with Gasteiger partial charge in [-0.1, -0.05) is 13.8 Å². The second-order valence-electron chi connectivity index (χ2n) is 6.17. The lowest BCUT2D eigenvalue weighted by Gasteiger charge is -2.30. The van der Waals surface area contributed by atoms with Crippen molar-refractivity contribution in [3.8, 4) is 0 Å². The Kier molecular flexibility index (Phi) is 5.46. The smallest absolute Gasteiger partial charge is 0.226 e. The summed E-state index contributed by atoms with van der Waals surface area (Å²) in [6.45, 7) is 5.63. The highest BCUT2D eigenvalue weighted by Crippen LogP contribution is 2.21. The number of fused-ring (bicyclic) bond motifs is 1. The van der Waals surface area contributed by atoms with Crippen molar-refractivity contribution in [2.24, 2.45) is 5.92 Å². The fraction of sp³-hybridized carbons (Fsp3) is 0.733. The molecule has 7 nitrogen and oxygen atoms in total. The Morgan fingerprint density at radius 3 is 2.57 bits per heavy atom. The van der Waals surface area contributed by atoms with Gasteiger partial charge in [-0.2, -0.15) is 5.10 Å². The minimum atomic E-state index is -3.28. The number of rotatable bonds is 6. The lowest BCUT2D eigenvalue weighted by Crippen LogP contribution is -2.41. The summed E-state index contributed by atoms with van der Waals surface area (Å²) in [5.74, 6) is -0.153. The molecule has 1 atom stereocenters. The maximum atomic E-state index is 12.5. The first-order valence-corrected chi connectivity index (χ1v) is 10.0. The molecule has 8 heteroatoms. The molecule has 130 valence electrons. The first-order chi connectivity index (χ1) is 10.7. The number of sulfone groups is 1. The number of hydrogen-bond donors (Lipinski definition) is 1. The Hall–Kier alpha value is -1.41. The van der Waals surface area contributed by atoms with Gasteiger partial charge in [-0.25, -0.2) is 8.42 Å². The maximum Gasteiger partial charge on any atom is 0.226 e. The quantitative estimate of drug-likeness (QED) is 0.822. The van der Waals surface area contributed by atoms with E-state index in [0.29, 0.717) is 25.3 Å². The summed E-state index contributed by atoms with van der Waals surface area (Å²) in [7, 11) is -3.28. The van der Waals surface area contributed by atoms with Crippen molar-refractivity contribution in [3.05, 3.63) is 17.5 Å². The third-order valence-electron chi connectivity index (χ3n) is 4.27. The van der Waals surface area contributed by atoms with E-state index in [0.717, 1.165) is 24.8 Å². The van der Waals surface area contributed by atoms with Gasteiger partial charge in [0.25, 0.3) is 0 Å². The Bertz CT molecular complexity index is 664. The zero-order valence-corrected chi connectivity index (χ0v) is 14.7. The van der Waals surface area contributed by atoms with Crippen LogP contribution in [0.5, 0.6) is 0 Å². The van der Waals surface area contributed by atoms with Gasteiger partial charge in [0, 0.05) is 18.7 Å². The standard InChI is InChI=1S/C15H25N3O4S/c1-4-11(5-2)15(20)17-6-7-18-12(9-17)8-13(16-18)14(19)10-23(3,21)22/h8,11,14,19H,4-7,9-10H2,1-3H3/t14-/m1/s1. The fourth-order valence-corrected chi connectivity index (χ4v) is 3.65. The fourth-order valence-electron chi connectivity index (χ4n) is 2.91. The molecule has 0 saturated heterocycles. The molecule has 1 aromatic heterocycles. The first kappa shape index (κ1) is 17.9. The van der Waals surface area contributed by atoms with Crippen LogP contribution in [-0.4, -0.2) is 52.7 Å². The summed E-state index contributed by atoms with van der Waals surface area (Å²) in [4.78, 5) is 14.3. The summed E-state index contributed by atoms with van der Waals surface area (Å²) in [6, 6.07) is 1.70. The molecule has 0 bridgehead atoms. The minimum absolute atomic E-state index is 0.0415. The molecule has 1 aliphatic rings. The molecule has 0 spiro atoms. The normalized spacial score (nSPS) is 16.5. The molecular formula is C15H25N3O4S. The molecule has 0 fully saturated rings. The van der Waals surface area contributed by atoms with Crippen LogP contribution in [0.25, 0.3) is 0 Å². The van der Waals surface area contributed by atoms with Gasteiger partial charge in [0.05, 0.1) is 30.2 Å². The van der Waals surface area contributed by atoms with Crippen LogP contribution >= 0.6 is 0 Å². The van der Waals surface area contributed by atoms with Crippen molar-refractivity contribution < 1.29 is 18.3 Å². The van der Waals surface area contributed by atoms with E-state index in [4.69, 9.17) is 0 Å². The van der Waals surface area contributed by atoms with E-state index in [1.54, 1.807) is 10.7 Å². The van der Waals surface area contributed by atoms with Gasteiger partial charge < -0.3 is 10.0 Å². The SMILES string of the molecule is CCC(CC)C(=O)N1CCn2nc([C@H](O)CS(C)(=O)=O)cc2C1. The molecule has 0 saturated carbocycles. The first-order valence-electron chi connectivity index (χ1n) is 7.96. The van der Waals surface area contributed by atoms with Crippen LogP contribution in [0.3, 0.4) is 0 Å². The van der Waals surface area contributed by atoms with E-state index >= 15 is 0 Å². The van der Waals surface area contributed by atoms with Crippen LogP contribution in [0.2, 0.25) is 0 Å². The van der Waals surface area contributed by atoms with Crippen molar-refractivity contribution in [2.75, 3.05) is 18.6 Å². The number of nitrogens with zero attached hydrogens (tertiary/aromatic N) is 3. The summed E-state index contributed by atoms with van der Waals surface area (Å²) >= 11 is 0. The third-order valence-corrected chi connectivity index (χ3v) is 5.19. The predicted molar refractivity (Wildman–Crippen MR) is 86.4 cm³/mol. The number of carbonyl (C=O) groups excluding carboxylic acids is 1. The second kappa shape index (κ2) is 7.00. The van der Waals surface area contributed by atoms with Gasteiger partial charge in [-0.05, 0) is 18.9 Å². The van der Waals surface area contributed by atoms with Crippen molar-refractivity contribution in [1.82, 2.24) is 14.7 Å². The van der Waals surface area contributed by atoms with Gasteiger partial charge in [0.15, 0.2) is 0 Å². The highest BCUT2D eigenvalue weighted by molar-refractivity contribution is 7.90. The topological polar surface area (TPSA) is 92.5 Å². The average Bonchev–Trinajstić information content (AvgIpc) is 2.89. The number of hydrogen-bond acceptors (Lipinski definition) is 5. The van der Waals surface area contributed by atoms with Crippen molar-refractivity contribution in [2.45, 2.75) is 45.9 Å². The van der Waals surface area contributed by atoms with E-state index in [9.17, 15) is 18.3 Å². The third kappa shape index (κ3) is 4.32. The largest absolute Gasteiger partial charge is 0.386 e. The molecule has 2 heterocycles. The molecule has 23 heavy (non-hydrogen) atoms. The van der Waals surface area contributed by atoms with E-state index in [2.05, 4.69) is 5.10 Å². The molecule has 0 aliphatic carbocycles. The van der Waals surface area contributed by atoms with Gasteiger partial charge in [-0.3, -0.25) is 9.48 Å². The summed E-state index contributed by atoms with van der Waals surface area (Å²) in [5.41, 5.74) is 1.18. The van der Waals surface area contributed by atoms with E-state index in [1.807, 2.05) is 18.7 Å². The van der Waals surface area contributed by atoms with Crippen molar-refractivity contribution in [3.63, 3.8) is 0 Å². The van der Waals surface area contributed by atoms with E-state index in [-0.39, 0.29) is 17.6 Å². The van der Waals surface area contributed by atoms with Crippen LogP contribution in [-0.2, 0) is 27.7 Å². The summed E-state index contributed by atoms with van der Waals surface area (Å²) < 4.78 is 24.3. The molecular weight excluding hydrogens is 318 g/mol. The van der Waals surface area contributed by atoms with Gasteiger partial charge >= 0.3 is 0 Å². The highest BCUT2D eigenvalue weighted by Gasteiger charge is 2.27. The molecule has 1 aliphatic heterocycles. The van der Waals surface area contributed by atoms with E-state index < -0.39 is 15.9 Å². The monoisotopic (exact) mass is 343 g/mol. The zero-order chi connectivity index (χ0) is 17.2. The molecule has 1 N–H and O–H groups in total. The van der Waals surface area contributed by atoms with Crippen LogP contribution in [0.15, 0.2) is 6.07 Å². The predicted octanol–water partition coefficient (Wildman–Crippen LogP) is 0.740. The van der Waals surface area contributed by atoms with Gasteiger partial charge in [0.1, 0.15) is 15.9 Å². The molecule has 1 amide bonds. The highest BCUT2D eigenvalue weighted by atomic mass is 32.2. The lowest BCUT2D eigenvalue weighted by atomic mass is 10.0. The Morgan fingerprint density at radius 2 is 2.00 bits per heavy atom. The Labute approximate surface area is 137 Å². The van der Waals surface area contributed by atoms with E-state index in [1.165, 1.54) is 0 Å². The van der Waals surface area contributed by atoms with Crippen molar-refractivity contribution >= 4 is 15.7 Å². The van der Waals surface area contributed by atoms with Crippen molar-refractivity contribution in [1.29, 1.82) is 0 Å². The molecule has 1 aromatic rings. The number of aromatic nitrogens is 2. The average molecular weight is 343 g/mol. The Balaban J connectivity index is 2.12. The van der Waals surface area contributed by atoms with Crippen LogP contribution in [0, 0.1) is 5.92 Å². The van der Waals surface area contributed by atoms with Crippen LogP contribution in [0.1, 0.15) is 44.2 Å². The maximum absolute atomic E-state index is 12.5. The summed E-state index contributed by atoms with van der Waals surface area (Å²) in [5, 5.41) is 14.3.